The number of aliphatic imine (C=N–C) groups is 1. The minimum Gasteiger partial charge on any atom is -0.326 e. The molecule has 0 aliphatic carbocycles. The third-order valence-electron chi connectivity index (χ3n) is 2.03. The summed E-state index contributed by atoms with van der Waals surface area (Å²) in [5, 5.41) is 0. The van der Waals surface area contributed by atoms with Gasteiger partial charge < -0.3 is 4.72 Å². The molecule has 90 valence electrons. The summed E-state index contributed by atoms with van der Waals surface area (Å²) < 4.78 is 16.3. The summed E-state index contributed by atoms with van der Waals surface area (Å²) in [5.41, 5.74) is 2.24. The normalized spacial score (nSPS) is 10.5. The lowest BCUT2D eigenvalue weighted by Gasteiger charge is -2.10. The van der Waals surface area contributed by atoms with Crippen LogP contribution in [-0.2, 0) is 0 Å². The second-order valence-corrected chi connectivity index (χ2v) is 4.24. The molecule has 0 saturated carbocycles. The van der Waals surface area contributed by atoms with E-state index in [1.54, 1.807) is 12.3 Å². The zero-order valence-corrected chi connectivity index (χ0v) is 10.8. The fraction of sp³-hybridized carbons (Fsp3) is 0.154. The zero-order chi connectivity index (χ0) is 12.8. The van der Waals surface area contributed by atoms with E-state index in [1.165, 1.54) is 24.1 Å². The Bertz CT molecular complexity index is 467. The van der Waals surface area contributed by atoms with Crippen molar-refractivity contribution < 1.29 is 4.39 Å². The Morgan fingerprint density at radius 2 is 2.24 bits per heavy atom. The summed E-state index contributed by atoms with van der Waals surface area (Å²) in [6.45, 7) is 11.0. The number of hydrogen-bond acceptors (Lipinski definition) is 3. The van der Waals surface area contributed by atoms with Crippen molar-refractivity contribution in [3.05, 3.63) is 48.4 Å². The van der Waals surface area contributed by atoms with Gasteiger partial charge in [-0.15, -0.1) is 0 Å². The summed E-state index contributed by atoms with van der Waals surface area (Å²) in [7, 11) is 0. The van der Waals surface area contributed by atoms with Crippen molar-refractivity contribution in [3.8, 4) is 0 Å². The molecule has 0 unspecified atom stereocenters. The van der Waals surface area contributed by atoms with Gasteiger partial charge in [-0.2, -0.15) is 0 Å². The molecule has 0 saturated heterocycles. The van der Waals surface area contributed by atoms with Gasteiger partial charge >= 0.3 is 0 Å². The van der Waals surface area contributed by atoms with Crippen molar-refractivity contribution in [1.29, 1.82) is 0 Å². The molecule has 0 bridgehead atoms. The first-order chi connectivity index (χ1) is 8.08. The second-order valence-electron chi connectivity index (χ2n) is 3.39. The summed E-state index contributed by atoms with van der Waals surface area (Å²) in [6.07, 6.45) is 3.29. The minimum atomic E-state index is -0.272. The highest BCUT2D eigenvalue weighted by Gasteiger charge is 2.08. The molecule has 17 heavy (non-hydrogen) atoms. The van der Waals surface area contributed by atoms with E-state index in [-0.39, 0.29) is 5.82 Å². The van der Waals surface area contributed by atoms with Gasteiger partial charge in [-0.25, -0.2) is 4.39 Å². The standard InChI is InChI=1S/C13H15FN2S/c1-5-10(4)16-17-12-8-11(14)7-9(3)13(12)15-6-2/h5-8,16H,1,4H2,2-3H3. The Balaban J connectivity index is 3.03. The van der Waals surface area contributed by atoms with Crippen molar-refractivity contribution in [2.75, 3.05) is 0 Å². The molecule has 0 spiro atoms. The van der Waals surface area contributed by atoms with Gasteiger partial charge in [0.2, 0.25) is 0 Å². The molecule has 0 aliphatic heterocycles. The van der Waals surface area contributed by atoms with Crippen molar-refractivity contribution in [3.63, 3.8) is 0 Å². The van der Waals surface area contributed by atoms with Gasteiger partial charge in [0.1, 0.15) is 5.82 Å². The maximum absolute atomic E-state index is 13.3. The quantitative estimate of drug-likeness (QED) is 0.482. The molecule has 0 aliphatic rings. The van der Waals surface area contributed by atoms with Crippen LogP contribution in [0.25, 0.3) is 0 Å². The lowest BCUT2D eigenvalue weighted by molar-refractivity contribution is 0.623. The number of halogens is 1. The third-order valence-corrected chi connectivity index (χ3v) is 2.92. The maximum Gasteiger partial charge on any atom is 0.124 e. The van der Waals surface area contributed by atoms with Gasteiger partial charge in [0.05, 0.1) is 10.6 Å². The van der Waals surface area contributed by atoms with Crippen LogP contribution in [0, 0.1) is 12.7 Å². The molecule has 0 heterocycles. The number of allylic oxidation sites excluding steroid dienone is 1. The monoisotopic (exact) mass is 250 g/mol. The number of aryl methyl sites for hydroxylation is 1. The largest absolute Gasteiger partial charge is 0.326 e. The number of nitrogens with zero attached hydrogens (tertiary/aromatic N) is 1. The average molecular weight is 250 g/mol. The first-order valence-electron chi connectivity index (χ1n) is 5.11. The van der Waals surface area contributed by atoms with Crippen molar-refractivity contribution in [1.82, 2.24) is 4.72 Å². The molecule has 1 N–H and O–H groups in total. The molecule has 0 atom stereocenters. The molecule has 2 nitrogen and oxygen atoms in total. The Kier molecular flexibility index (Phi) is 4.97. The van der Waals surface area contributed by atoms with E-state index in [1.807, 2.05) is 13.8 Å². The molecular formula is C13H15FN2S. The predicted molar refractivity (Wildman–Crippen MR) is 73.3 cm³/mol. The molecule has 1 aromatic carbocycles. The summed E-state index contributed by atoms with van der Waals surface area (Å²) in [4.78, 5) is 4.97. The SMILES string of the molecule is C=CC(=C)NSc1cc(F)cc(C)c1N=CC. The topological polar surface area (TPSA) is 24.4 Å². The lowest BCUT2D eigenvalue weighted by Crippen LogP contribution is -1.99. The molecule has 4 heteroatoms. The Labute approximate surface area is 105 Å². The molecular weight excluding hydrogens is 235 g/mol. The van der Waals surface area contributed by atoms with Crippen LogP contribution in [0.15, 0.2) is 47.0 Å². The average Bonchev–Trinajstić information content (AvgIpc) is 2.29. The molecule has 0 aromatic heterocycles. The van der Waals surface area contributed by atoms with E-state index in [0.29, 0.717) is 5.70 Å². The lowest BCUT2D eigenvalue weighted by atomic mass is 10.2. The highest BCUT2D eigenvalue weighted by Crippen LogP contribution is 2.32. The van der Waals surface area contributed by atoms with Crippen LogP contribution in [0.2, 0.25) is 0 Å². The van der Waals surface area contributed by atoms with E-state index in [0.717, 1.165) is 16.1 Å². The highest BCUT2D eigenvalue weighted by atomic mass is 32.2. The zero-order valence-electron chi connectivity index (χ0n) is 9.96. The van der Waals surface area contributed by atoms with Gasteiger partial charge in [-0.05, 0) is 49.6 Å². The van der Waals surface area contributed by atoms with E-state index < -0.39 is 0 Å². The molecule has 1 aromatic rings. The van der Waals surface area contributed by atoms with E-state index in [9.17, 15) is 4.39 Å². The molecule has 0 fully saturated rings. The fourth-order valence-electron chi connectivity index (χ4n) is 1.24. The van der Waals surface area contributed by atoms with Crippen LogP contribution in [0.4, 0.5) is 10.1 Å². The fourth-order valence-corrected chi connectivity index (χ4v) is 2.05. The number of nitrogens with one attached hydrogen (secondary N) is 1. The van der Waals surface area contributed by atoms with Crippen LogP contribution < -0.4 is 4.72 Å². The molecule has 0 amide bonds. The van der Waals surface area contributed by atoms with E-state index >= 15 is 0 Å². The Morgan fingerprint density at radius 1 is 1.53 bits per heavy atom. The van der Waals surface area contributed by atoms with Gasteiger partial charge in [-0.3, -0.25) is 4.99 Å². The van der Waals surface area contributed by atoms with Crippen LogP contribution in [0.5, 0.6) is 0 Å². The summed E-state index contributed by atoms with van der Waals surface area (Å²) in [5.74, 6) is -0.272. The maximum atomic E-state index is 13.3. The summed E-state index contributed by atoms with van der Waals surface area (Å²) >= 11 is 1.27. The number of benzene rings is 1. The van der Waals surface area contributed by atoms with E-state index in [2.05, 4.69) is 22.9 Å². The van der Waals surface area contributed by atoms with Crippen LogP contribution >= 0.6 is 11.9 Å². The van der Waals surface area contributed by atoms with Crippen molar-refractivity contribution in [2.24, 2.45) is 4.99 Å². The van der Waals surface area contributed by atoms with Gasteiger partial charge in [0.15, 0.2) is 0 Å². The smallest absolute Gasteiger partial charge is 0.124 e. The first kappa shape index (κ1) is 13.5. The second kappa shape index (κ2) is 6.25. The first-order valence-corrected chi connectivity index (χ1v) is 5.93. The highest BCUT2D eigenvalue weighted by molar-refractivity contribution is 7.97. The number of hydrogen-bond donors (Lipinski definition) is 1. The van der Waals surface area contributed by atoms with Gasteiger partial charge in [0, 0.05) is 11.9 Å². The van der Waals surface area contributed by atoms with Crippen LogP contribution in [0.3, 0.4) is 0 Å². The predicted octanol–water partition coefficient (Wildman–Crippen LogP) is 4.15. The third kappa shape index (κ3) is 3.75. The molecule has 0 radical (unpaired) electrons. The number of rotatable bonds is 5. The minimum absolute atomic E-state index is 0.272. The van der Waals surface area contributed by atoms with Gasteiger partial charge in [0.25, 0.3) is 0 Å². The Hall–Kier alpha value is -1.55. The van der Waals surface area contributed by atoms with Crippen molar-refractivity contribution in [2.45, 2.75) is 18.7 Å². The van der Waals surface area contributed by atoms with Crippen molar-refractivity contribution >= 4 is 23.8 Å². The van der Waals surface area contributed by atoms with E-state index in [4.69, 9.17) is 0 Å². The Morgan fingerprint density at radius 3 is 2.82 bits per heavy atom. The summed E-state index contributed by atoms with van der Waals surface area (Å²) in [6, 6.07) is 2.91. The van der Waals surface area contributed by atoms with Crippen LogP contribution in [-0.4, -0.2) is 6.21 Å². The van der Waals surface area contributed by atoms with Gasteiger partial charge in [-0.1, -0.05) is 13.2 Å². The molecule has 1 rings (SSSR count). The van der Waals surface area contributed by atoms with Crippen LogP contribution in [0.1, 0.15) is 12.5 Å².